The predicted molar refractivity (Wildman–Crippen MR) is 99.6 cm³/mol. The van der Waals surface area contributed by atoms with Crippen molar-refractivity contribution in [1.29, 1.82) is 0 Å². The Morgan fingerprint density at radius 1 is 1.17 bits per heavy atom. The third-order valence-electron chi connectivity index (χ3n) is 3.73. The Hall–Kier alpha value is -2.11. The van der Waals surface area contributed by atoms with E-state index in [1.165, 1.54) is 11.5 Å². The van der Waals surface area contributed by atoms with Gasteiger partial charge in [-0.05, 0) is 48.4 Å². The third kappa shape index (κ3) is 3.68. The van der Waals surface area contributed by atoms with E-state index in [4.69, 9.17) is 16.3 Å². The zero-order valence-electron chi connectivity index (χ0n) is 13.6. The first kappa shape index (κ1) is 16.7. The molecule has 1 heterocycles. The number of hydrogen-bond donors (Lipinski definition) is 0. The van der Waals surface area contributed by atoms with Crippen molar-refractivity contribution in [3.05, 3.63) is 64.8 Å². The Morgan fingerprint density at radius 3 is 2.62 bits per heavy atom. The average Bonchev–Trinajstić information content (AvgIpc) is 3.08. The SMILES string of the molecule is CCc1nnsc1N(Cc1cccc(Cl)c1)c1ccc(OC)cc1. The predicted octanol–water partition coefficient (Wildman–Crippen LogP) is 5.10. The van der Waals surface area contributed by atoms with Gasteiger partial charge in [0.1, 0.15) is 10.8 Å². The Bertz CT molecular complexity index is 804. The number of anilines is 2. The minimum Gasteiger partial charge on any atom is -0.497 e. The van der Waals surface area contributed by atoms with E-state index < -0.39 is 0 Å². The number of aryl methyl sites for hydroxylation is 1. The van der Waals surface area contributed by atoms with Gasteiger partial charge in [0.05, 0.1) is 12.8 Å². The first-order valence-corrected chi connectivity index (χ1v) is 8.83. The van der Waals surface area contributed by atoms with E-state index in [0.29, 0.717) is 6.54 Å². The summed E-state index contributed by atoms with van der Waals surface area (Å²) in [7, 11) is 1.67. The summed E-state index contributed by atoms with van der Waals surface area (Å²) in [4.78, 5) is 2.22. The van der Waals surface area contributed by atoms with Crippen LogP contribution in [0.1, 0.15) is 18.2 Å². The molecule has 0 fully saturated rings. The van der Waals surface area contributed by atoms with Crippen molar-refractivity contribution in [1.82, 2.24) is 9.59 Å². The summed E-state index contributed by atoms with van der Waals surface area (Å²) in [6.07, 6.45) is 0.841. The number of benzene rings is 2. The second kappa shape index (κ2) is 7.64. The summed E-state index contributed by atoms with van der Waals surface area (Å²) in [6.45, 7) is 2.79. The van der Waals surface area contributed by atoms with E-state index in [2.05, 4.69) is 27.5 Å². The zero-order valence-corrected chi connectivity index (χ0v) is 15.1. The van der Waals surface area contributed by atoms with Gasteiger partial charge in [0, 0.05) is 28.8 Å². The summed E-state index contributed by atoms with van der Waals surface area (Å²) in [5, 5.41) is 6.04. The van der Waals surface area contributed by atoms with Crippen LogP contribution in [0.4, 0.5) is 10.7 Å². The Balaban J connectivity index is 1.99. The molecular formula is C18H18ClN3OS. The van der Waals surface area contributed by atoms with Crippen molar-refractivity contribution >= 4 is 33.8 Å². The van der Waals surface area contributed by atoms with Gasteiger partial charge < -0.3 is 9.64 Å². The van der Waals surface area contributed by atoms with Gasteiger partial charge in [0.15, 0.2) is 0 Å². The van der Waals surface area contributed by atoms with Crippen LogP contribution in [0.2, 0.25) is 5.02 Å². The van der Waals surface area contributed by atoms with Crippen LogP contribution >= 0.6 is 23.1 Å². The minimum atomic E-state index is 0.698. The topological polar surface area (TPSA) is 38.2 Å². The maximum absolute atomic E-state index is 6.14. The van der Waals surface area contributed by atoms with Crippen LogP contribution in [0.25, 0.3) is 0 Å². The van der Waals surface area contributed by atoms with Gasteiger partial charge in [0.25, 0.3) is 0 Å². The molecule has 0 aliphatic carbocycles. The summed E-state index contributed by atoms with van der Waals surface area (Å²) in [6, 6.07) is 15.9. The smallest absolute Gasteiger partial charge is 0.140 e. The van der Waals surface area contributed by atoms with Crippen molar-refractivity contribution < 1.29 is 4.74 Å². The number of hydrogen-bond acceptors (Lipinski definition) is 5. The first-order valence-electron chi connectivity index (χ1n) is 7.68. The molecule has 0 spiro atoms. The lowest BCUT2D eigenvalue weighted by Crippen LogP contribution is -2.16. The lowest BCUT2D eigenvalue weighted by Gasteiger charge is -2.24. The lowest BCUT2D eigenvalue weighted by molar-refractivity contribution is 0.415. The quantitative estimate of drug-likeness (QED) is 0.613. The number of ether oxygens (including phenoxy) is 1. The molecule has 0 bridgehead atoms. The van der Waals surface area contributed by atoms with Crippen molar-refractivity contribution in [2.45, 2.75) is 19.9 Å². The number of aromatic nitrogens is 2. The molecule has 24 heavy (non-hydrogen) atoms. The number of halogens is 1. The van der Waals surface area contributed by atoms with E-state index in [-0.39, 0.29) is 0 Å². The van der Waals surface area contributed by atoms with Gasteiger partial charge in [-0.1, -0.05) is 35.1 Å². The molecule has 0 aliphatic heterocycles. The van der Waals surface area contributed by atoms with Crippen molar-refractivity contribution in [2.24, 2.45) is 0 Å². The maximum Gasteiger partial charge on any atom is 0.140 e. The van der Waals surface area contributed by atoms with Crippen LogP contribution in [0.3, 0.4) is 0 Å². The van der Waals surface area contributed by atoms with Crippen LogP contribution in [0.15, 0.2) is 48.5 Å². The fourth-order valence-electron chi connectivity index (χ4n) is 2.49. The van der Waals surface area contributed by atoms with Gasteiger partial charge in [-0.25, -0.2) is 0 Å². The van der Waals surface area contributed by atoms with Gasteiger partial charge in [0.2, 0.25) is 0 Å². The fourth-order valence-corrected chi connectivity index (χ4v) is 3.48. The highest BCUT2D eigenvalue weighted by molar-refractivity contribution is 7.10. The van der Waals surface area contributed by atoms with Crippen LogP contribution < -0.4 is 9.64 Å². The molecule has 0 radical (unpaired) electrons. The molecule has 6 heteroatoms. The Kier molecular flexibility index (Phi) is 5.33. The molecule has 0 amide bonds. The summed E-state index contributed by atoms with van der Waals surface area (Å²) < 4.78 is 9.39. The van der Waals surface area contributed by atoms with E-state index in [0.717, 1.165) is 39.1 Å². The molecule has 3 aromatic rings. The van der Waals surface area contributed by atoms with Crippen LogP contribution in [-0.4, -0.2) is 16.7 Å². The van der Waals surface area contributed by atoms with E-state index >= 15 is 0 Å². The summed E-state index contributed by atoms with van der Waals surface area (Å²) in [5.41, 5.74) is 3.20. The largest absolute Gasteiger partial charge is 0.497 e. The highest BCUT2D eigenvalue weighted by Crippen LogP contribution is 2.34. The molecule has 0 N–H and O–H groups in total. The van der Waals surface area contributed by atoms with Crippen LogP contribution in [0.5, 0.6) is 5.75 Å². The molecule has 124 valence electrons. The monoisotopic (exact) mass is 359 g/mol. The van der Waals surface area contributed by atoms with Gasteiger partial charge in [-0.3, -0.25) is 0 Å². The molecule has 0 atom stereocenters. The van der Waals surface area contributed by atoms with E-state index in [9.17, 15) is 0 Å². The minimum absolute atomic E-state index is 0.698. The number of rotatable bonds is 6. The van der Waals surface area contributed by atoms with Crippen molar-refractivity contribution in [2.75, 3.05) is 12.0 Å². The first-order chi connectivity index (χ1) is 11.7. The summed E-state index contributed by atoms with van der Waals surface area (Å²) >= 11 is 7.55. The molecule has 4 nitrogen and oxygen atoms in total. The maximum atomic E-state index is 6.14. The van der Waals surface area contributed by atoms with Crippen molar-refractivity contribution in [3.63, 3.8) is 0 Å². The molecular weight excluding hydrogens is 342 g/mol. The van der Waals surface area contributed by atoms with E-state index in [1.807, 2.05) is 42.5 Å². The Morgan fingerprint density at radius 2 is 1.96 bits per heavy atom. The normalized spacial score (nSPS) is 10.6. The summed E-state index contributed by atoms with van der Waals surface area (Å²) in [5.74, 6) is 0.833. The number of methoxy groups -OCH3 is 1. The van der Waals surface area contributed by atoms with E-state index in [1.54, 1.807) is 7.11 Å². The average molecular weight is 360 g/mol. The van der Waals surface area contributed by atoms with Gasteiger partial charge in [-0.2, -0.15) is 0 Å². The molecule has 0 saturated heterocycles. The molecule has 3 rings (SSSR count). The van der Waals surface area contributed by atoms with Crippen molar-refractivity contribution in [3.8, 4) is 5.75 Å². The van der Waals surface area contributed by atoms with Crippen LogP contribution in [-0.2, 0) is 13.0 Å². The standard InChI is InChI=1S/C18H18ClN3OS/c1-3-17-18(24-21-20-17)22(12-13-5-4-6-14(19)11-13)15-7-9-16(23-2)10-8-15/h4-11H,3,12H2,1-2H3. The zero-order chi connectivity index (χ0) is 16.9. The fraction of sp³-hybridized carbons (Fsp3) is 0.222. The lowest BCUT2D eigenvalue weighted by atomic mass is 10.2. The molecule has 0 aliphatic rings. The highest BCUT2D eigenvalue weighted by atomic mass is 35.5. The Labute approximate surface area is 150 Å². The highest BCUT2D eigenvalue weighted by Gasteiger charge is 2.17. The van der Waals surface area contributed by atoms with Gasteiger partial charge >= 0.3 is 0 Å². The molecule has 1 aromatic heterocycles. The second-order valence-corrected chi connectivity index (χ2v) is 6.46. The number of nitrogens with zero attached hydrogens (tertiary/aromatic N) is 3. The molecule has 0 saturated carbocycles. The second-order valence-electron chi connectivity index (χ2n) is 5.29. The molecule has 0 unspecified atom stereocenters. The van der Waals surface area contributed by atoms with Gasteiger partial charge in [-0.15, -0.1) is 5.10 Å². The van der Waals surface area contributed by atoms with Crippen LogP contribution in [0, 0.1) is 0 Å². The molecule has 2 aromatic carbocycles. The third-order valence-corrected chi connectivity index (χ3v) is 4.76.